The van der Waals surface area contributed by atoms with Gasteiger partial charge in [-0.3, -0.25) is 4.79 Å². The molecule has 0 unspecified atom stereocenters. The SMILES string of the molecule is Cc1cc2c(c(=O)n1O)[C@H](c1ccc(Cl)cc1)C(C#N)=C(N)O2. The van der Waals surface area contributed by atoms with Crippen molar-refractivity contribution in [3.63, 3.8) is 0 Å². The van der Waals surface area contributed by atoms with Crippen molar-refractivity contribution in [1.29, 1.82) is 5.26 Å². The molecule has 6 nitrogen and oxygen atoms in total. The molecule has 0 aliphatic carbocycles. The lowest BCUT2D eigenvalue weighted by Gasteiger charge is -2.26. The van der Waals surface area contributed by atoms with E-state index in [1.165, 1.54) is 6.07 Å². The maximum absolute atomic E-state index is 12.5. The number of halogens is 1. The summed E-state index contributed by atoms with van der Waals surface area (Å²) in [6.07, 6.45) is 0. The van der Waals surface area contributed by atoms with Gasteiger partial charge in [0.1, 0.15) is 17.4 Å². The normalized spacial score (nSPS) is 16.5. The quantitative estimate of drug-likeness (QED) is 0.781. The fraction of sp³-hybridized carbons (Fsp3) is 0.125. The van der Waals surface area contributed by atoms with E-state index in [1.54, 1.807) is 31.2 Å². The monoisotopic (exact) mass is 329 g/mol. The van der Waals surface area contributed by atoms with Crippen molar-refractivity contribution in [2.45, 2.75) is 12.8 Å². The van der Waals surface area contributed by atoms with Crippen molar-refractivity contribution in [2.75, 3.05) is 0 Å². The highest BCUT2D eigenvalue weighted by Gasteiger charge is 2.34. The molecule has 0 amide bonds. The van der Waals surface area contributed by atoms with Gasteiger partial charge < -0.3 is 15.7 Å². The average Bonchev–Trinajstić information content (AvgIpc) is 2.52. The van der Waals surface area contributed by atoms with Gasteiger partial charge in [-0.1, -0.05) is 23.7 Å². The largest absolute Gasteiger partial charge is 0.440 e. The topological polar surface area (TPSA) is 101 Å². The van der Waals surface area contributed by atoms with Gasteiger partial charge in [-0.05, 0) is 24.6 Å². The van der Waals surface area contributed by atoms with E-state index in [0.717, 1.165) is 0 Å². The molecule has 23 heavy (non-hydrogen) atoms. The lowest BCUT2D eigenvalue weighted by Crippen LogP contribution is -2.31. The van der Waals surface area contributed by atoms with Gasteiger partial charge >= 0.3 is 0 Å². The van der Waals surface area contributed by atoms with Gasteiger partial charge in [0.05, 0.1) is 17.2 Å². The highest BCUT2D eigenvalue weighted by atomic mass is 35.5. The van der Waals surface area contributed by atoms with E-state index >= 15 is 0 Å². The van der Waals surface area contributed by atoms with Crippen LogP contribution in [0.5, 0.6) is 5.75 Å². The Morgan fingerprint density at radius 3 is 2.65 bits per heavy atom. The minimum atomic E-state index is -0.729. The number of nitriles is 1. The average molecular weight is 330 g/mol. The molecular formula is C16H12ClN3O3. The molecule has 3 N–H and O–H groups in total. The first-order chi connectivity index (χ1) is 10.9. The summed E-state index contributed by atoms with van der Waals surface area (Å²) in [5.41, 5.74) is 6.41. The smallest absolute Gasteiger partial charge is 0.291 e. The van der Waals surface area contributed by atoms with Crippen molar-refractivity contribution in [3.8, 4) is 11.8 Å². The van der Waals surface area contributed by atoms with E-state index in [2.05, 4.69) is 0 Å². The number of aromatic nitrogens is 1. The van der Waals surface area contributed by atoms with Crippen molar-refractivity contribution < 1.29 is 9.94 Å². The maximum atomic E-state index is 12.5. The summed E-state index contributed by atoms with van der Waals surface area (Å²) in [5.74, 6) is -0.559. The van der Waals surface area contributed by atoms with Crippen LogP contribution in [0.4, 0.5) is 0 Å². The molecule has 1 aromatic heterocycles. The zero-order chi connectivity index (χ0) is 16.7. The predicted octanol–water partition coefficient (Wildman–Crippen LogP) is 2.27. The molecule has 0 spiro atoms. The Kier molecular flexibility index (Phi) is 3.51. The lowest BCUT2D eigenvalue weighted by molar-refractivity contribution is 0.165. The second-order valence-electron chi connectivity index (χ2n) is 5.16. The van der Waals surface area contributed by atoms with Crippen molar-refractivity contribution in [1.82, 2.24) is 4.73 Å². The van der Waals surface area contributed by atoms with Gasteiger partial charge in [-0.15, -0.1) is 0 Å². The van der Waals surface area contributed by atoms with Crippen LogP contribution in [0.1, 0.15) is 22.7 Å². The number of allylic oxidation sites excluding steroid dienone is 1. The van der Waals surface area contributed by atoms with Crippen molar-refractivity contribution in [2.24, 2.45) is 5.73 Å². The van der Waals surface area contributed by atoms with E-state index in [1.807, 2.05) is 6.07 Å². The minimum absolute atomic E-state index is 0.0607. The zero-order valence-electron chi connectivity index (χ0n) is 12.1. The molecule has 7 heteroatoms. The van der Waals surface area contributed by atoms with Crippen LogP contribution in [0.25, 0.3) is 0 Å². The molecule has 1 aliphatic rings. The van der Waals surface area contributed by atoms with Crippen LogP contribution in [0, 0.1) is 18.3 Å². The van der Waals surface area contributed by atoms with Gasteiger partial charge in [0.15, 0.2) is 0 Å². The number of hydrogen-bond donors (Lipinski definition) is 2. The van der Waals surface area contributed by atoms with Gasteiger partial charge in [0.25, 0.3) is 5.56 Å². The molecular weight excluding hydrogens is 318 g/mol. The highest BCUT2D eigenvalue weighted by molar-refractivity contribution is 6.30. The van der Waals surface area contributed by atoms with Crippen LogP contribution < -0.4 is 16.0 Å². The van der Waals surface area contributed by atoms with E-state index in [9.17, 15) is 15.3 Å². The second-order valence-corrected chi connectivity index (χ2v) is 5.59. The summed E-state index contributed by atoms with van der Waals surface area (Å²) in [6.45, 7) is 1.56. The molecule has 1 aromatic carbocycles. The minimum Gasteiger partial charge on any atom is -0.440 e. The number of hydrogen-bond acceptors (Lipinski definition) is 5. The molecule has 0 fully saturated rings. The Morgan fingerprint density at radius 1 is 1.39 bits per heavy atom. The third-order valence-corrected chi connectivity index (χ3v) is 4.00. The molecule has 3 rings (SSSR count). The van der Waals surface area contributed by atoms with E-state index < -0.39 is 11.5 Å². The van der Waals surface area contributed by atoms with Gasteiger partial charge in [-0.2, -0.15) is 9.99 Å². The van der Waals surface area contributed by atoms with Gasteiger partial charge in [0.2, 0.25) is 5.88 Å². The van der Waals surface area contributed by atoms with Gasteiger partial charge in [0, 0.05) is 11.1 Å². The Hall–Kier alpha value is -2.91. The van der Waals surface area contributed by atoms with E-state index in [4.69, 9.17) is 22.1 Å². The summed E-state index contributed by atoms with van der Waals surface area (Å²) in [4.78, 5) is 12.5. The third kappa shape index (κ3) is 2.31. The summed E-state index contributed by atoms with van der Waals surface area (Å²) >= 11 is 5.89. The number of nitrogens with two attached hydrogens (primary N) is 1. The van der Waals surface area contributed by atoms with Crippen LogP contribution >= 0.6 is 11.6 Å². The fourth-order valence-electron chi connectivity index (χ4n) is 2.63. The van der Waals surface area contributed by atoms with Crippen LogP contribution in [0.2, 0.25) is 5.02 Å². The Labute approximate surface area is 136 Å². The highest BCUT2D eigenvalue weighted by Crippen LogP contribution is 2.40. The van der Waals surface area contributed by atoms with E-state index in [0.29, 0.717) is 21.0 Å². The molecule has 0 saturated heterocycles. The molecule has 0 radical (unpaired) electrons. The van der Waals surface area contributed by atoms with Crippen molar-refractivity contribution in [3.05, 3.63) is 74.0 Å². The van der Waals surface area contributed by atoms with Gasteiger partial charge in [-0.25, -0.2) is 0 Å². The summed E-state index contributed by atoms with van der Waals surface area (Å²) in [5, 5.41) is 19.8. The molecule has 0 saturated carbocycles. The molecule has 2 heterocycles. The summed E-state index contributed by atoms with van der Waals surface area (Å²) < 4.78 is 5.94. The third-order valence-electron chi connectivity index (χ3n) is 3.75. The molecule has 2 aromatic rings. The number of ether oxygens (including phenoxy) is 1. The number of pyridine rings is 1. The first-order valence-electron chi connectivity index (χ1n) is 6.73. The molecule has 116 valence electrons. The second kappa shape index (κ2) is 5.38. The maximum Gasteiger partial charge on any atom is 0.291 e. The Balaban J connectivity index is 2.33. The Bertz CT molecular complexity index is 923. The van der Waals surface area contributed by atoms with Crippen LogP contribution in [0.3, 0.4) is 0 Å². The number of benzene rings is 1. The predicted molar refractivity (Wildman–Crippen MR) is 83.4 cm³/mol. The van der Waals surface area contributed by atoms with Crippen LogP contribution in [-0.2, 0) is 0 Å². The first-order valence-corrected chi connectivity index (χ1v) is 7.10. The van der Waals surface area contributed by atoms with E-state index in [-0.39, 0.29) is 22.8 Å². The fourth-order valence-corrected chi connectivity index (χ4v) is 2.75. The number of fused-ring (bicyclic) bond motifs is 1. The standard InChI is InChI=1S/C16H12ClN3O3/c1-8-6-12-14(16(21)20(8)22)13(11(7-18)15(19)23-12)9-2-4-10(17)5-3-9/h2-6,13,22H,19H2,1H3/t13-/m1/s1. The van der Waals surface area contributed by atoms with Crippen LogP contribution in [0.15, 0.2) is 46.6 Å². The van der Waals surface area contributed by atoms with Crippen LogP contribution in [-0.4, -0.2) is 9.94 Å². The number of rotatable bonds is 1. The first kappa shape index (κ1) is 15.0. The molecule has 1 aliphatic heterocycles. The molecule has 1 atom stereocenters. The molecule has 0 bridgehead atoms. The number of aryl methyl sites for hydroxylation is 1. The Morgan fingerprint density at radius 2 is 2.04 bits per heavy atom. The number of nitrogens with zero attached hydrogens (tertiary/aromatic N) is 2. The van der Waals surface area contributed by atoms with Crippen molar-refractivity contribution >= 4 is 11.6 Å². The lowest BCUT2D eigenvalue weighted by atomic mass is 9.84. The zero-order valence-corrected chi connectivity index (χ0v) is 12.8. The summed E-state index contributed by atoms with van der Waals surface area (Å²) in [7, 11) is 0. The summed E-state index contributed by atoms with van der Waals surface area (Å²) in [6, 6.07) is 10.2.